The molecule has 1 aromatic carbocycles. The van der Waals surface area contributed by atoms with Crippen LogP contribution in [0.4, 0.5) is 10.5 Å². The van der Waals surface area contributed by atoms with Gasteiger partial charge in [-0.25, -0.2) is 4.79 Å². The van der Waals surface area contributed by atoms with Gasteiger partial charge in [-0.3, -0.25) is 10.3 Å². The van der Waals surface area contributed by atoms with Crippen LogP contribution in [0.25, 0.3) is 0 Å². The van der Waals surface area contributed by atoms with Crippen molar-refractivity contribution in [3.8, 4) is 5.75 Å². The van der Waals surface area contributed by atoms with Gasteiger partial charge in [0.1, 0.15) is 12.4 Å². The van der Waals surface area contributed by atoms with Crippen molar-refractivity contribution in [2.45, 2.75) is 13.8 Å². The molecule has 0 spiro atoms. The Bertz CT molecular complexity index is 454. The number of anilines is 1. The minimum absolute atomic E-state index is 0.326. The van der Waals surface area contributed by atoms with Crippen LogP contribution in [0.15, 0.2) is 36.4 Å². The fraction of sp³-hybridized carbons (Fsp3) is 0.286. The van der Waals surface area contributed by atoms with E-state index in [1.807, 2.05) is 13.8 Å². The zero-order valence-corrected chi connectivity index (χ0v) is 11.3. The molecule has 1 aromatic rings. The van der Waals surface area contributed by atoms with E-state index in [0.717, 1.165) is 11.9 Å². The molecule has 2 N–H and O–H groups in total. The Morgan fingerprint density at radius 1 is 1.47 bits per heavy atom. The molecule has 0 radical (unpaired) electrons. The van der Waals surface area contributed by atoms with Crippen LogP contribution in [0.2, 0.25) is 0 Å². The van der Waals surface area contributed by atoms with Gasteiger partial charge in [-0.05, 0) is 43.7 Å². The Morgan fingerprint density at radius 2 is 2.11 bits per heavy atom. The van der Waals surface area contributed by atoms with Gasteiger partial charge < -0.3 is 10.1 Å². The lowest BCUT2D eigenvalue weighted by molar-refractivity contribution is 0.249. The number of nitrogens with one attached hydrogen (secondary N) is 2. The average Bonchev–Trinajstić information content (AvgIpc) is 2.39. The maximum atomic E-state index is 11.7. The summed E-state index contributed by atoms with van der Waals surface area (Å²) < 4.78 is 5.47. The minimum atomic E-state index is -0.326. The zero-order valence-electron chi connectivity index (χ0n) is 11.3. The summed E-state index contributed by atoms with van der Waals surface area (Å²) in [5.41, 5.74) is 1.55. The van der Waals surface area contributed by atoms with E-state index in [1.54, 1.807) is 24.3 Å². The van der Waals surface area contributed by atoms with Crippen LogP contribution in [0, 0.1) is 5.41 Å². The van der Waals surface area contributed by atoms with Crippen molar-refractivity contribution in [2.75, 3.05) is 18.1 Å². The molecule has 2 amide bonds. The second-order valence-corrected chi connectivity index (χ2v) is 4.07. The molecule has 0 aromatic heterocycles. The molecule has 0 fully saturated rings. The normalized spacial score (nSPS) is 9.58. The molecule has 0 bridgehead atoms. The summed E-state index contributed by atoms with van der Waals surface area (Å²) in [7, 11) is 0. The molecule has 0 saturated carbocycles. The minimum Gasteiger partial charge on any atom is -0.489 e. The van der Waals surface area contributed by atoms with Gasteiger partial charge in [0.15, 0.2) is 0 Å². The maximum absolute atomic E-state index is 11.7. The van der Waals surface area contributed by atoms with E-state index in [1.165, 1.54) is 4.90 Å². The van der Waals surface area contributed by atoms with E-state index in [0.29, 0.717) is 24.6 Å². The summed E-state index contributed by atoms with van der Waals surface area (Å²) in [5, 5.41) is 9.94. The second kappa shape index (κ2) is 7.20. The van der Waals surface area contributed by atoms with Crippen LogP contribution in [0.3, 0.4) is 0 Å². The number of hydrogen-bond donors (Lipinski definition) is 2. The standard InChI is InChI=1S/C14H19N3O2/c1-4-16-14(18)17(10-15)12-5-7-13(8-6-12)19-9-11(2)3/h5-8,10,15H,2,4,9H2,1,3H3,(H,16,18). The molecular formula is C14H19N3O2. The molecule has 0 saturated heterocycles. The largest absolute Gasteiger partial charge is 0.489 e. The van der Waals surface area contributed by atoms with Gasteiger partial charge in [0.2, 0.25) is 0 Å². The molecule has 0 aliphatic rings. The number of ether oxygens (including phenoxy) is 1. The predicted octanol–water partition coefficient (Wildman–Crippen LogP) is 2.78. The molecule has 5 nitrogen and oxygen atoms in total. The first-order valence-electron chi connectivity index (χ1n) is 6.03. The highest BCUT2D eigenvalue weighted by atomic mass is 16.5. The first-order chi connectivity index (χ1) is 9.08. The summed E-state index contributed by atoms with van der Waals surface area (Å²) in [4.78, 5) is 12.9. The first-order valence-corrected chi connectivity index (χ1v) is 6.03. The van der Waals surface area contributed by atoms with Crippen molar-refractivity contribution in [2.24, 2.45) is 0 Å². The Morgan fingerprint density at radius 3 is 2.58 bits per heavy atom. The van der Waals surface area contributed by atoms with Crippen LogP contribution in [0.1, 0.15) is 13.8 Å². The summed E-state index contributed by atoms with van der Waals surface area (Å²) in [6.45, 7) is 8.45. The number of urea groups is 1. The van der Waals surface area contributed by atoms with Gasteiger partial charge in [0, 0.05) is 6.54 Å². The lowest BCUT2D eigenvalue weighted by atomic mass is 10.3. The van der Waals surface area contributed by atoms with Gasteiger partial charge in [-0.15, -0.1) is 0 Å². The van der Waals surface area contributed by atoms with E-state index in [9.17, 15) is 4.79 Å². The van der Waals surface area contributed by atoms with Crippen molar-refractivity contribution < 1.29 is 9.53 Å². The molecular weight excluding hydrogens is 242 g/mol. The van der Waals surface area contributed by atoms with Crippen LogP contribution in [-0.2, 0) is 0 Å². The Labute approximate surface area is 113 Å². The predicted molar refractivity (Wildman–Crippen MR) is 77.1 cm³/mol. The van der Waals surface area contributed by atoms with Crippen molar-refractivity contribution in [3.05, 3.63) is 36.4 Å². The average molecular weight is 261 g/mol. The van der Waals surface area contributed by atoms with E-state index < -0.39 is 0 Å². The number of hydrogen-bond acceptors (Lipinski definition) is 3. The van der Waals surface area contributed by atoms with E-state index >= 15 is 0 Å². The summed E-state index contributed by atoms with van der Waals surface area (Å²) in [6.07, 6.45) is 0.981. The molecule has 0 aliphatic carbocycles. The molecule has 19 heavy (non-hydrogen) atoms. The molecule has 0 unspecified atom stereocenters. The topological polar surface area (TPSA) is 65.4 Å². The fourth-order valence-electron chi connectivity index (χ4n) is 1.40. The molecule has 0 aliphatic heterocycles. The maximum Gasteiger partial charge on any atom is 0.327 e. The van der Waals surface area contributed by atoms with Crippen LogP contribution >= 0.6 is 0 Å². The Hall–Kier alpha value is -2.30. The van der Waals surface area contributed by atoms with Gasteiger partial charge in [0.05, 0.1) is 12.0 Å². The van der Waals surface area contributed by atoms with Crippen molar-refractivity contribution >= 4 is 18.1 Å². The third kappa shape index (κ3) is 4.46. The Balaban J connectivity index is 2.75. The smallest absolute Gasteiger partial charge is 0.327 e. The zero-order chi connectivity index (χ0) is 14.3. The van der Waals surface area contributed by atoms with E-state index in [2.05, 4.69) is 11.9 Å². The lowest BCUT2D eigenvalue weighted by Gasteiger charge is -2.17. The molecule has 1 rings (SSSR count). The van der Waals surface area contributed by atoms with Crippen molar-refractivity contribution in [3.63, 3.8) is 0 Å². The number of rotatable bonds is 6. The summed E-state index contributed by atoms with van der Waals surface area (Å²) in [6, 6.07) is 6.65. The number of carbonyl (C=O) groups excluding carboxylic acids is 1. The molecule has 5 heteroatoms. The fourth-order valence-corrected chi connectivity index (χ4v) is 1.40. The summed E-state index contributed by atoms with van der Waals surface area (Å²) >= 11 is 0. The quantitative estimate of drug-likeness (QED) is 0.470. The highest BCUT2D eigenvalue weighted by molar-refractivity contribution is 6.06. The number of carbonyl (C=O) groups is 1. The molecule has 0 heterocycles. The highest BCUT2D eigenvalue weighted by Gasteiger charge is 2.12. The van der Waals surface area contributed by atoms with Crippen LogP contribution in [-0.4, -0.2) is 25.5 Å². The third-order valence-corrected chi connectivity index (χ3v) is 2.28. The third-order valence-electron chi connectivity index (χ3n) is 2.28. The highest BCUT2D eigenvalue weighted by Crippen LogP contribution is 2.19. The van der Waals surface area contributed by atoms with Crippen LogP contribution < -0.4 is 15.0 Å². The van der Waals surface area contributed by atoms with Gasteiger partial charge in [-0.2, -0.15) is 0 Å². The van der Waals surface area contributed by atoms with Gasteiger partial charge >= 0.3 is 6.03 Å². The SMILES string of the molecule is C=C(C)COc1ccc(N(C=N)C(=O)NCC)cc1. The van der Waals surface area contributed by atoms with E-state index in [-0.39, 0.29) is 6.03 Å². The van der Waals surface area contributed by atoms with E-state index in [4.69, 9.17) is 10.1 Å². The number of amides is 2. The summed E-state index contributed by atoms with van der Waals surface area (Å²) in [5.74, 6) is 0.701. The molecule has 102 valence electrons. The monoisotopic (exact) mass is 261 g/mol. The number of benzene rings is 1. The lowest BCUT2D eigenvalue weighted by Crippen LogP contribution is -2.38. The first kappa shape index (κ1) is 14.8. The van der Waals surface area contributed by atoms with Crippen molar-refractivity contribution in [1.82, 2.24) is 5.32 Å². The second-order valence-electron chi connectivity index (χ2n) is 4.07. The van der Waals surface area contributed by atoms with Gasteiger partial charge in [-0.1, -0.05) is 6.58 Å². The Kier molecular flexibility index (Phi) is 5.60. The van der Waals surface area contributed by atoms with Crippen molar-refractivity contribution in [1.29, 1.82) is 5.41 Å². The van der Waals surface area contributed by atoms with Gasteiger partial charge in [0.25, 0.3) is 0 Å². The number of nitrogens with zero attached hydrogens (tertiary/aromatic N) is 1. The molecule has 0 atom stereocenters. The van der Waals surface area contributed by atoms with Crippen LogP contribution in [0.5, 0.6) is 5.75 Å².